The Morgan fingerprint density at radius 1 is 1.08 bits per heavy atom. The van der Waals surface area contributed by atoms with Gasteiger partial charge < -0.3 is 10.2 Å². The van der Waals surface area contributed by atoms with Gasteiger partial charge in [0.1, 0.15) is 0 Å². The van der Waals surface area contributed by atoms with Gasteiger partial charge in [-0.05, 0) is 38.1 Å². The second-order valence-electron chi connectivity index (χ2n) is 6.07. The van der Waals surface area contributed by atoms with Crippen molar-refractivity contribution in [1.82, 2.24) is 14.7 Å². The third-order valence-corrected chi connectivity index (χ3v) is 3.82. The van der Waals surface area contributed by atoms with Crippen LogP contribution in [0.15, 0.2) is 54.7 Å². The fraction of sp³-hybridized carbons (Fsp3) is 0.211. The monoisotopic (exact) mass is 336 g/mol. The summed E-state index contributed by atoms with van der Waals surface area (Å²) in [5.74, 6) is -0.369. The Morgan fingerprint density at radius 3 is 2.44 bits per heavy atom. The van der Waals surface area contributed by atoms with Crippen LogP contribution in [0, 0.1) is 0 Å². The highest BCUT2D eigenvalue weighted by molar-refractivity contribution is 6.07. The van der Waals surface area contributed by atoms with Gasteiger partial charge in [0.25, 0.3) is 11.8 Å². The second-order valence-corrected chi connectivity index (χ2v) is 6.07. The minimum Gasteiger partial charge on any atom is -0.348 e. The molecule has 3 aromatic rings. The van der Waals surface area contributed by atoms with Gasteiger partial charge in [-0.1, -0.05) is 24.3 Å². The van der Waals surface area contributed by atoms with Crippen LogP contribution in [0.1, 0.15) is 35.0 Å². The van der Waals surface area contributed by atoms with Crippen molar-refractivity contribution in [1.29, 1.82) is 0 Å². The Kier molecular flexibility index (Phi) is 4.52. The number of amides is 2. The van der Waals surface area contributed by atoms with Gasteiger partial charge in [0, 0.05) is 25.0 Å². The molecule has 0 aliphatic carbocycles. The van der Waals surface area contributed by atoms with E-state index in [2.05, 4.69) is 10.3 Å². The number of hydrogen-bond acceptors (Lipinski definition) is 3. The molecule has 6 nitrogen and oxygen atoms in total. The van der Waals surface area contributed by atoms with Crippen LogP contribution in [0.5, 0.6) is 0 Å². The predicted molar refractivity (Wildman–Crippen MR) is 97.0 cm³/mol. The average molecular weight is 336 g/mol. The summed E-state index contributed by atoms with van der Waals surface area (Å²) in [5.41, 5.74) is 1.61. The van der Waals surface area contributed by atoms with Gasteiger partial charge in [0.05, 0.1) is 5.52 Å². The lowest BCUT2D eigenvalue weighted by Gasteiger charge is -2.16. The molecule has 2 heterocycles. The standard InChI is InChI=1S/C19H20N4O2/c1-13(2)20-18(24)16-15-11-7-8-12-23(15)17(21-16)19(25)22(3)14-9-5-4-6-10-14/h4-13H,1-3H3,(H,20,24). The summed E-state index contributed by atoms with van der Waals surface area (Å²) >= 11 is 0. The van der Waals surface area contributed by atoms with Crippen molar-refractivity contribution in [3.63, 3.8) is 0 Å². The molecular weight excluding hydrogens is 316 g/mol. The molecule has 128 valence electrons. The molecule has 0 radical (unpaired) electrons. The third-order valence-electron chi connectivity index (χ3n) is 3.82. The Balaban J connectivity index is 2.05. The molecule has 1 N–H and O–H groups in total. The minimum atomic E-state index is -0.292. The quantitative estimate of drug-likeness (QED) is 0.797. The number of anilines is 1. The summed E-state index contributed by atoms with van der Waals surface area (Å²) in [6.07, 6.45) is 1.74. The van der Waals surface area contributed by atoms with Gasteiger partial charge in [0.2, 0.25) is 5.82 Å². The first-order valence-corrected chi connectivity index (χ1v) is 8.10. The molecule has 0 saturated carbocycles. The second kappa shape index (κ2) is 6.76. The number of carbonyl (C=O) groups is 2. The number of pyridine rings is 1. The molecule has 0 bridgehead atoms. The number of carbonyl (C=O) groups excluding carboxylic acids is 2. The van der Waals surface area contributed by atoms with Crippen LogP contribution in [-0.2, 0) is 0 Å². The van der Waals surface area contributed by atoms with Gasteiger partial charge in [0.15, 0.2) is 5.69 Å². The van der Waals surface area contributed by atoms with Crippen LogP contribution in [-0.4, -0.2) is 34.3 Å². The lowest BCUT2D eigenvalue weighted by atomic mass is 10.3. The van der Waals surface area contributed by atoms with Crippen LogP contribution >= 0.6 is 0 Å². The smallest absolute Gasteiger partial charge is 0.294 e. The zero-order valence-electron chi connectivity index (χ0n) is 14.4. The highest BCUT2D eigenvalue weighted by atomic mass is 16.2. The molecule has 2 aromatic heterocycles. The average Bonchev–Trinajstić information content (AvgIpc) is 3.00. The van der Waals surface area contributed by atoms with E-state index in [0.717, 1.165) is 5.69 Å². The van der Waals surface area contributed by atoms with E-state index in [1.807, 2.05) is 50.2 Å². The van der Waals surface area contributed by atoms with E-state index in [-0.39, 0.29) is 29.4 Å². The van der Waals surface area contributed by atoms with E-state index in [0.29, 0.717) is 5.52 Å². The first kappa shape index (κ1) is 16.7. The molecule has 0 aliphatic heterocycles. The van der Waals surface area contributed by atoms with Crippen LogP contribution in [0.3, 0.4) is 0 Å². The first-order valence-electron chi connectivity index (χ1n) is 8.10. The Labute approximate surface area is 146 Å². The highest BCUT2D eigenvalue weighted by Crippen LogP contribution is 2.18. The molecule has 1 aromatic carbocycles. The lowest BCUT2D eigenvalue weighted by Crippen LogP contribution is -2.31. The van der Waals surface area contributed by atoms with Crippen molar-refractivity contribution in [2.75, 3.05) is 11.9 Å². The number of fused-ring (bicyclic) bond motifs is 1. The normalized spacial score (nSPS) is 10.9. The Hall–Kier alpha value is -3.15. The number of nitrogens with one attached hydrogen (secondary N) is 1. The van der Waals surface area contributed by atoms with Crippen molar-refractivity contribution in [2.24, 2.45) is 0 Å². The Bertz CT molecular complexity index is 916. The van der Waals surface area contributed by atoms with Crippen molar-refractivity contribution < 1.29 is 9.59 Å². The van der Waals surface area contributed by atoms with Crippen LogP contribution < -0.4 is 10.2 Å². The van der Waals surface area contributed by atoms with Crippen molar-refractivity contribution in [3.8, 4) is 0 Å². The summed E-state index contributed by atoms with van der Waals surface area (Å²) in [6.45, 7) is 3.76. The first-order chi connectivity index (χ1) is 12.0. The summed E-state index contributed by atoms with van der Waals surface area (Å²) < 4.78 is 1.65. The topological polar surface area (TPSA) is 66.7 Å². The molecule has 6 heteroatoms. The number of benzene rings is 1. The number of hydrogen-bond donors (Lipinski definition) is 1. The number of nitrogens with zero attached hydrogens (tertiary/aromatic N) is 3. The molecular formula is C19H20N4O2. The molecule has 0 atom stereocenters. The van der Waals surface area contributed by atoms with E-state index in [9.17, 15) is 9.59 Å². The summed E-state index contributed by atoms with van der Waals surface area (Å²) in [7, 11) is 1.69. The molecule has 0 fully saturated rings. The highest BCUT2D eigenvalue weighted by Gasteiger charge is 2.24. The molecule has 2 amide bonds. The maximum atomic E-state index is 12.9. The number of para-hydroxylation sites is 1. The van der Waals surface area contributed by atoms with Crippen molar-refractivity contribution >= 4 is 23.0 Å². The van der Waals surface area contributed by atoms with Crippen molar-refractivity contribution in [2.45, 2.75) is 19.9 Å². The van der Waals surface area contributed by atoms with E-state index in [1.165, 1.54) is 4.90 Å². The summed E-state index contributed by atoms with van der Waals surface area (Å²) in [6, 6.07) is 14.7. The van der Waals surface area contributed by atoms with Gasteiger partial charge in [-0.2, -0.15) is 0 Å². The Morgan fingerprint density at radius 2 is 1.76 bits per heavy atom. The molecule has 0 spiro atoms. The molecule has 25 heavy (non-hydrogen) atoms. The molecule has 0 aliphatic rings. The molecule has 0 saturated heterocycles. The third kappa shape index (κ3) is 3.24. The largest absolute Gasteiger partial charge is 0.348 e. The summed E-state index contributed by atoms with van der Waals surface area (Å²) in [5, 5.41) is 2.82. The van der Waals surface area contributed by atoms with E-state index >= 15 is 0 Å². The fourth-order valence-corrected chi connectivity index (χ4v) is 2.61. The predicted octanol–water partition coefficient (Wildman–Crippen LogP) is 2.75. The van der Waals surface area contributed by atoms with E-state index in [4.69, 9.17) is 0 Å². The number of imidazole rings is 1. The lowest BCUT2D eigenvalue weighted by molar-refractivity contribution is 0.0940. The summed E-state index contributed by atoms with van der Waals surface area (Å²) in [4.78, 5) is 31.2. The maximum absolute atomic E-state index is 12.9. The van der Waals surface area contributed by atoms with E-state index < -0.39 is 0 Å². The molecule has 0 unspecified atom stereocenters. The zero-order valence-corrected chi connectivity index (χ0v) is 14.4. The number of aromatic nitrogens is 2. The van der Waals surface area contributed by atoms with E-state index in [1.54, 1.807) is 29.8 Å². The minimum absolute atomic E-state index is 0.0147. The zero-order chi connectivity index (χ0) is 18.0. The maximum Gasteiger partial charge on any atom is 0.294 e. The van der Waals surface area contributed by atoms with Crippen LogP contribution in [0.2, 0.25) is 0 Å². The number of rotatable bonds is 4. The van der Waals surface area contributed by atoms with Gasteiger partial charge in [-0.3, -0.25) is 14.0 Å². The molecule has 3 rings (SSSR count). The van der Waals surface area contributed by atoms with Gasteiger partial charge in [-0.15, -0.1) is 0 Å². The van der Waals surface area contributed by atoms with Gasteiger partial charge in [-0.25, -0.2) is 4.98 Å². The van der Waals surface area contributed by atoms with Crippen LogP contribution in [0.25, 0.3) is 5.52 Å². The van der Waals surface area contributed by atoms with Gasteiger partial charge >= 0.3 is 0 Å². The van der Waals surface area contributed by atoms with Crippen molar-refractivity contribution in [3.05, 3.63) is 66.2 Å². The fourth-order valence-electron chi connectivity index (χ4n) is 2.61. The SMILES string of the molecule is CC(C)NC(=O)c1nc(C(=O)N(C)c2ccccc2)n2ccccc12. The van der Waals surface area contributed by atoms with Crippen LogP contribution in [0.4, 0.5) is 5.69 Å².